The van der Waals surface area contributed by atoms with Crippen molar-refractivity contribution in [3.63, 3.8) is 0 Å². The van der Waals surface area contributed by atoms with Crippen molar-refractivity contribution in [2.24, 2.45) is 0 Å². The van der Waals surface area contributed by atoms with Crippen molar-refractivity contribution in [1.82, 2.24) is 5.32 Å². The number of hydrogen-bond acceptors (Lipinski definition) is 2. The Labute approximate surface area is 111 Å². The van der Waals surface area contributed by atoms with E-state index in [0.717, 1.165) is 5.56 Å². The van der Waals surface area contributed by atoms with Crippen LogP contribution in [-0.2, 0) is 9.53 Å². The van der Waals surface area contributed by atoms with Crippen LogP contribution < -0.4 is 5.32 Å². The van der Waals surface area contributed by atoms with Gasteiger partial charge in [-0.1, -0.05) is 29.3 Å². The van der Waals surface area contributed by atoms with Crippen LogP contribution >= 0.6 is 23.2 Å². The lowest BCUT2D eigenvalue weighted by molar-refractivity contribution is -0.126. The Kier molecular flexibility index (Phi) is 5.75. The van der Waals surface area contributed by atoms with Gasteiger partial charge in [0.05, 0.1) is 6.04 Å². The number of ether oxygens (including phenoxy) is 1. The maximum atomic E-state index is 11.5. The van der Waals surface area contributed by atoms with Crippen LogP contribution in [0.5, 0.6) is 0 Å². The molecule has 0 bridgehead atoms. The fourth-order valence-electron chi connectivity index (χ4n) is 1.41. The molecule has 94 valence electrons. The minimum atomic E-state index is -0.173. The zero-order chi connectivity index (χ0) is 12.8. The second kappa shape index (κ2) is 6.84. The molecule has 1 rings (SSSR count). The summed E-state index contributed by atoms with van der Waals surface area (Å²) >= 11 is 11.8. The molecule has 0 fully saturated rings. The molecule has 1 N–H and O–H groups in total. The van der Waals surface area contributed by atoms with E-state index in [1.54, 1.807) is 18.2 Å². The number of hydrogen-bond donors (Lipinski definition) is 1. The Morgan fingerprint density at radius 3 is 2.76 bits per heavy atom. The van der Waals surface area contributed by atoms with Gasteiger partial charge in [-0.2, -0.15) is 0 Å². The molecule has 0 aliphatic rings. The first-order valence-corrected chi connectivity index (χ1v) is 6.12. The molecular weight excluding hydrogens is 261 g/mol. The van der Waals surface area contributed by atoms with E-state index in [0.29, 0.717) is 16.7 Å². The molecule has 1 amide bonds. The highest BCUT2D eigenvalue weighted by atomic mass is 35.5. The van der Waals surface area contributed by atoms with Gasteiger partial charge in [-0.25, -0.2) is 0 Å². The van der Waals surface area contributed by atoms with E-state index in [9.17, 15) is 4.79 Å². The summed E-state index contributed by atoms with van der Waals surface area (Å²) in [5, 5.41) is 3.92. The van der Waals surface area contributed by atoms with E-state index < -0.39 is 0 Å². The highest BCUT2D eigenvalue weighted by Gasteiger charge is 2.12. The summed E-state index contributed by atoms with van der Waals surface area (Å²) in [5.41, 5.74) is 0.834. The zero-order valence-corrected chi connectivity index (χ0v) is 11.3. The molecule has 17 heavy (non-hydrogen) atoms. The summed E-state index contributed by atoms with van der Waals surface area (Å²) in [4.78, 5) is 11.5. The first kappa shape index (κ1) is 14.3. The molecule has 5 heteroatoms. The van der Waals surface area contributed by atoms with Gasteiger partial charge in [-0.3, -0.25) is 4.79 Å². The minimum Gasteiger partial charge on any atom is -0.372 e. The predicted octanol–water partition coefficient (Wildman–Crippen LogP) is 3.21. The van der Waals surface area contributed by atoms with Crippen LogP contribution in [0.1, 0.15) is 25.5 Å². The lowest BCUT2D eigenvalue weighted by Gasteiger charge is -2.15. The Balaban J connectivity index is 2.63. The predicted molar refractivity (Wildman–Crippen MR) is 69.5 cm³/mol. The third-order valence-electron chi connectivity index (χ3n) is 2.24. The second-order valence-corrected chi connectivity index (χ2v) is 4.44. The standard InChI is InChI=1S/C12H15Cl2NO2/c1-3-17-7-12(16)15-8(2)10-5-4-9(13)6-11(10)14/h4-6,8H,3,7H2,1-2H3,(H,15,16)/t8-/m0/s1. The zero-order valence-electron chi connectivity index (χ0n) is 9.80. The molecule has 0 saturated carbocycles. The Bertz CT molecular complexity index is 396. The summed E-state index contributed by atoms with van der Waals surface area (Å²) in [6.45, 7) is 4.28. The van der Waals surface area contributed by atoms with Crippen molar-refractivity contribution in [2.75, 3.05) is 13.2 Å². The van der Waals surface area contributed by atoms with Gasteiger partial charge in [0.15, 0.2) is 0 Å². The third-order valence-corrected chi connectivity index (χ3v) is 2.81. The van der Waals surface area contributed by atoms with E-state index in [4.69, 9.17) is 27.9 Å². The maximum Gasteiger partial charge on any atom is 0.246 e. The molecule has 0 aliphatic carbocycles. The van der Waals surface area contributed by atoms with Crippen LogP contribution in [0.25, 0.3) is 0 Å². The molecular formula is C12H15Cl2NO2. The van der Waals surface area contributed by atoms with Crippen molar-refractivity contribution in [2.45, 2.75) is 19.9 Å². The number of carbonyl (C=O) groups is 1. The van der Waals surface area contributed by atoms with E-state index in [1.165, 1.54) is 0 Å². The van der Waals surface area contributed by atoms with Crippen LogP contribution in [0.4, 0.5) is 0 Å². The van der Waals surface area contributed by atoms with Gasteiger partial charge in [0.1, 0.15) is 6.61 Å². The van der Waals surface area contributed by atoms with E-state index in [2.05, 4.69) is 5.32 Å². The van der Waals surface area contributed by atoms with Crippen molar-refractivity contribution < 1.29 is 9.53 Å². The Morgan fingerprint density at radius 2 is 2.18 bits per heavy atom. The summed E-state index contributed by atoms with van der Waals surface area (Å²) < 4.78 is 5.02. The molecule has 3 nitrogen and oxygen atoms in total. The summed E-state index contributed by atoms with van der Waals surface area (Å²) in [6, 6.07) is 5.03. The first-order chi connectivity index (χ1) is 8.04. The molecule has 0 radical (unpaired) electrons. The van der Waals surface area contributed by atoms with Crippen molar-refractivity contribution in [1.29, 1.82) is 0 Å². The molecule has 1 aromatic rings. The summed E-state index contributed by atoms with van der Waals surface area (Å²) in [5.74, 6) is -0.162. The fourth-order valence-corrected chi connectivity index (χ4v) is 1.98. The second-order valence-electron chi connectivity index (χ2n) is 3.59. The molecule has 0 heterocycles. The molecule has 0 aromatic heterocycles. The number of carbonyl (C=O) groups excluding carboxylic acids is 1. The lowest BCUT2D eigenvalue weighted by Crippen LogP contribution is -2.30. The number of amides is 1. The summed E-state index contributed by atoms with van der Waals surface area (Å²) in [7, 11) is 0. The normalized spacial score (nSPS) is 12.2. The van der Waals surface area contributed by atoms with Crippen molar-refractivity contribution in [3.8, 4) is 0 Å². The smallest absolute Gasteiger partial charge is 0.246 e. The Hall–Kier alpha value is -0.770. The van der Waals surface area contributed by atoms with E-state index in [1.807, 2.05) is 13.8 Å². The third kappa shape index (κ3) is 4.54. The van der Waals surface area contributed by atoms with E-state index in [-0.39, 0.29) is 18.6 Å². The average molecular weight is 276 g/mol. The number of rotatable bonds is 5. The topological polar surface area (TPSA) is 38.3 Å². The maximum absolute atomic E-state index is 11.5. The number of halogens is 2. The van der Waals surface area contributed by atoms with Crippen LogP contribution in [0.3, 0.4) is 0 Å². The van der Waals surface area contributed by atoms with Crippen molar-refractivity contribution in [3.05, 3.63) is 33.8 Å². The monoisotopic (exact) mass is 275 g/mol. The van der Waals surface area contributed by atoms with Gasteiger partial charge in [0, 0.05) is 16.7 Å². The lowest BCUT2D eigenvalue weighted by atomic mass is 10.1. The molecule has 0 unspecified atom stereocenters. The first-order valence-electron chi connectivity index (χ1n) is 5.36. The molecule has 1 atom stereocenters. The van der Waals surface area contributed by atoms with Crippen LogP contribution in [0.2, 0.25) is 10.0 Å². The van der Waals surface area contributed by atoms with Gasteiger partial charge in [-0.15, -0.1) is 0 Å². The number of nitrogens with one attached hydrogen (secondary N) is 1. The SMILES string of the molecule is CCOCC(=O)N[C@@H](C)c1ccc(Cl)cc1Cl. The summed E-state index contributed by atoms with van der Waals surface area (Å²) in [6.07, 6.45) is 0. The molecule has 0 spiro atoms. The average Bonchev–Trinajstić information content (AvgIpc) is 2.26. The van der Waals surface area contributed by atoms with Crippen LogP contribution in [-0.4, -0.2) is 19.1 Å². The van der Waals surface area contributed by atoms with Gasteiger partial charge < -0.3 is 10.1 Å². The highest BCUT2D eigenvalue weighted by molar-refractivity contribution is 6.35. The Morgan fingerprint density at radius 1 is 1.47 bits per heavy atom. The van der Waals surface area contributed by atoms with Crippen molar-refractivity contribution >= 4 is 29.1 Å². The van der Waals surface area contributed by atoms with E-state index >= 15 is 0 Å². The minimum absolute atomic E-state index is 0.0616. The largest absolute Gasteiger partial charge is 0.372 e. The van der Waals surface area contributed by atoms with Gasteiger partial charge in [-0.05, 0) is 31.5 Å². The quantitative estimate of drug-likeness (QED) is 0.896. The molecule has 0 aliphatic heterocycles. The molecule has 1 aromatic carbocycles. The highest BCUT2D eigenvalue weighted by Crippen LogP contribution is 2.25. The fraction of sp³-hybridized carbons (Fsp3) is 0.417. The van der Waals surface area contributed by atoms with Gasteiger partial charge in [0.25, 0.3) is 0 Å². The van der Waals surface area contributed by atoms with Crippen LogP contribution in [0, 0.1) is 0 Å². The molecule has 0 saturated heterocycles. The van der Waals surface area contributed by atoms with Gasteiger partial charge in [0.2, 0.25) is 5.91 Å². The van der Waals surface area contributed by atoms with Gasteiger partial charge >= 0.3 is 0 Å². The number of benzene rings is 1. The van der Waals surface area contributed by atoms with Crippen LogP contribution in [0.15, 0.2) is 18.2 Å².